The third kappa shape index (κ3) is 3.74. The maximum Gasteiger partial charge on any atom is 0.119 e. The third-order valence-corrected chi connectivity index (χ3v) is 4.38. The van der Waals surface area contributed by atoms with Gasteiger partial charge in [0.15, 0.2) is 0 Å². The zero-order valence-electron chi connectivity index (χ0n) is 12.9. The highest BCUT2D eigenvalue weighted by Gasteiger charge is 2.32. The second-order valence-corrected chi connectivity index (χ2v) is 6.16. The summed E-state index contributed by atoms with van der Waals surface area (Å²) < 4.78 is 5.35. The van der Waals surface area contributed by atoms with Gasteiger partial charge in [-0.25, -0.2) is 0 Å². The van der Waals surface area contributed by atoms with Crippen LogP contribution in [0.25, 0.3) is 0 Å². The number of hydrogen-bond donors (Lipinski definition) is 1. The normalized spacial score (nSPS) is 24.6. The van der Waals surface area contributed by atoms with Crippen LogP contribution in [0.3, 0.4) is 0 Å². The van der Waals surface area contributed by atoms with E-state index in [9.17, 15) is 5.11 Å². The summed E-state index contributed by atoms with van der Waals surface area (Å²) in [6.07, 6.45) is 4.29. The number of benzene rings is 1. The van der Waals surface area contributed by atoms with E-state index in [1.165, 1.54) is 12.0 Å². The lowest BCUT2D eigenvalue weighted by Gasteiger charge is -2.36. The Labute approximate surface area is 122 Å². The number of rotatable bonds is 5. The number of nitrogens with zero attached hydrogens (tertiary/aromatic N) is 1. The van der Waals surface area contributed by atoms with Gasteiger partial charge in [0, 0.05) is 12.5 Å². The molecule has 1 saturated carbocycles. The van der Waals surface area contributed by atoms with Gasteiger partial charge in [-0.2, -0.15) is 0 Å². The molecule has 3 nitrogen and oxygen atoms in total. The Morgan fingerprint density at radius 1 is 1.30 bits per heavy atom. The summed E-state index contributed by atoms with van der Waals surface area (Å²) >= 11 is 0. The summed E-state index contributed by atoms with van der Waals surface area (Å²) in [5, 5.41) is 10.4. The molecule has 20 heavy (non-hydrogen) atoms. The number of aliphatic hydroxyl groups is 1. The van der Waals surface area contributed by atoms with Gasteiger partial charge in [0.2, 0.25) is 0 Å². The smallest absolute Gasteiger partial charge is 0.119 e. The largest absolute Gasteiger partial charge is 0.497 e. The van der Waals surface area contributed by atoms with Crippen molar-refractivity contribution in [3.63, 3.8) is 0 Å². The molecule has 112 valence electrons. The van der Waals surface area contributed by atoms with Gasteiger partial charge < -0.3 is 14.7 Å². The van der Waals surface area contributed by atoms with Gasteiger partial charge >= 0.3 is 0 Å². The zero-order chi connectivity index (χ0) is 14.5. The summed E-state index contributed by atoms with van der Waals surface area (Å²) in [6.45, 7) is 0.967. The highest BCUT2D eigenvalue weighted by atomic mass is 16.5. The summed E-state index contributed by atoms with van der Waals surface area (Å²) in [6, 6.07) is 8.31. The summed E-state index contributed by atoms with van der Waals surface area (Å²) in [5.74, 6) is 1.63. The predicted molar refractivity (Wildman–Crippen MR) is 82.3 cm³/mol. The van der Waals surface area contributed by atoms with Crippen molar-refractivity contribution in [3.8, 4) is 5.75 Å². The first-order valence-corrected chi connectivity index (χ1v) is 7.58. The average molecular weight is 277 g/mol. The lowest BCUT2D eigenvalue weighted by Crippen LogP contribution is -2.35. The molecule has 1 aromatic carbocycles. The van der Waals surface area contributed by atoms with Gasteiger partial charge in [-0.05, 0) is 50.6 Å². The van der Waals surface area contributed by atoms with Crippen LogP contribution in [0.1, 0.15) is 37.2 Å². The van der Waals surface area contributed by atoms with E-state index >= 15 is 0 Å². The van der Waals surface area contributed by atoms with Crippen molar-refractivity contribution in [2.45, 2.75) is 37.7 Å². The molecule has 1 aliphatic carbocycles. The molecule has 0 bridgehead atoms. The van der Waals surface area contributed by atoms with Crippen molar-refractivity contribution in [1.82, 2.24) is 4.90 Å². The number of likely N-dealkylation sites (N-methyl/N-ethyl adjacent to an activating group) is 1. The van der Waals surface area contributed by atoms with E-state index in [-0.39, 0.29) is 6.10 Å². The van der Waals surface area contributed by atoms with Crippen LogP contribution in [-0.4, -0.2) is 43.9 Å². The highest BCUT2D eigenvalue weighted by molar-refractivity contribution is 5.31. The maximum absolute atomic E-state index is 10.4. The molecule has 3 heteroatoms. The Morgan fingerprint density at radius 3 is 2.70 bits per heavy atom. The standard InChI is InChI=1S/C17H27NO2/c1-18(2)12-16(15-9-4-5-10-17(15)19)13-7-6-8-14(11-13)20-3/h6-8,11,15-17,19H,4-5,9-10,12H2,1-3H3/t15-,16?,17+/m1/s1. The van der Waals surface area contributed by atoms with Crippen LogP contribution in [0, 0.1) is 5.92 Å². The SMILES string of the molecule is COc1cccc(C(CN(C)C)[C@H]2CCCC[C@@H]2O)c1. The van der Waals surface area contributed by atoms with Gasteiger partial charge in [0.05, 0.1) is 13.2 Å². The molecule has 0 radical (unpaired) electrons. The van der Waals surface area contributed by atoms with E-state index in [1.54, 1.807) is 7.11 Å². The minimum absolute atomic E-state index is 0.167. The van der Waals surface area contributed by atoms with Gasteiger partial charge in [-0.15, -0.1) is 0 Å². The van der Waals surface area contributed by atoms with Crippen LogP contribution in [0.15, 0.2) is 24.3 Å². The Morgan fingerprint density at radius 2 is 2.05 bits per heavy atom. The number of hydrogen-bond acceptors (Lipinski definition) is 3. The van der Waals surface area contributed by atoms with E-state index in [0.29, 0.717) is 11.8 Å². The van der Waals surface area contributed by atoms with E-state index in [1.807, 2.05) is 12.1 Å². The van der Waals surface area contributed by atoms with Gasteiger partial charge in [-0.1, -0.05) is 25.0 Å². The van der Waals surface area contributed by atoms with E-state index < -0.39 is 0 Å². The third-order valence-electron chi connectivity index (χ3n) is 4.38. The first-order chi connectivity index (χ1) is 9.61. The van der Waals surface area contributed by atoms with Crippen LogP contribution in [0.2, 0.25) is 0 Å². The molecule has 0 saturated heterocycles. The number of ether oxygens (including phenoxy) is 1. The summed E-state index contributed by atoms with van der Waals surface area (Å²) in [4.78, 5) is 2.21. The molecule has 3 atom stereocenters. The van der Waals surface area contributed by atoms with Gasteiger partial charge in [0.1, 0.15) is 5.75 Å². The van der Waals surface area contributed by atoms with E-state index in [4.69, 9.17) is 4.74 Å². The summed E-state index contributed by atoms with van der Waals surface area (Å²) in [7, 11) is 5.90. The Kier molecular flexibility index (Phi) is 5.44. The quantitative estimate of drug-likeness (QED) is 0.898. The molecule has 0 aliphatic heterocycles. The van der Waals surface area contributed by atoms with Crippen molar-refractivity contribution in [2.24, 2.45) is 5.92 Å². The monoisotopic (exact) mass is 277 g/mol. The van der Waals surface area contributed by atoms with Crippen molar-refractivity contribution in [3.05, 3.63) is 29.8 Å². The minimum Gasteiger partial charge on any atom is -0.497 e. The van der Waals surface area contributed by atoms with Crippen LogP contribution in [-0.2, 0) is 0 Å². The molecule has 2 rings (SSSR count). The molecular formula is C17H27NO2. The molecule has 0 heterocycles. The molecular weight excluding hydrogens is 250 g/mol. The fourth-order valence-electron chi connectivity index (χ4n) is 3.36. The number of aliphatic hydroxyl groups excluding tert-OH is 1. The molecule has 1 fully saturated rings. The lowest BCUT2D eigenvalue weighted by molar-refractivity contribution is 0.0494. The second kappa shape index (κ2) is 7.09. The van der Waals surface area contributed by atoms with Crippen molar-refractivity contribution >= 4 is 0 Å². The zero-order valence-corrected chi connectivity index (χ0v) is 12.9. The predicted octanol–water partition coefficient (Wildman–Crippen LogP) is 2.89. The Bertz CT molecular complexity index is 419. The number of methoxy groups -OCH3 is 1. The Hall–Kier alpha value is -1.06. The highest BCUT2D eigenvalue weighted by Crippen LogP contribution is 2.37. The van der Waals surface area contributed by atoms with Crippen LogP contribution < -0.4 is 4.74 Å². The fourth-order valence-corrected chi connectivity index (χ4v) is 3.36. The first-order valence-electron chi connectivity index (χ1n) is 7.58. The van der Waals surface area contributed by atoms with Crippen LogP contribution >= 0.6 is 0 Å². The summed E-state index contributed by atoms with van der Waals surface area (Å²) in [5.41, 5.74) is 1.28. The fraction of sp³-hybridized carbons (Fsp3) is 0.647. The van der Waals surface area contributed by atoms with Crippen molar-refractivity contribution in [2.75, 3.05) is 27.7 Å². The van der Waals surface area contributed by atoms with Crippen molar-refractivity contribution in [1.29, 1.82) is 0 Å². The van der Waals surface area contributed by atoms with Gasteiger partial charge in [0.25, 0.3) is 0 Å². The minimum atomic E-state index is -0.167. The first kappa shape index (κ1) is 15.3. The molecule has 1 aromatic rings. The molecule has 1 unspecified atom stereocenters. The molecule has 0 amide bonds. The maximum atomic E-state index is 10.4. The van der Waals surface area contributed by atoms with E-state index in [0.717, 1.165) is 31.6 Å². The average Bonchev–Trinajstić information content (AvgIpc) is 2.45. The molecule has 1 N–H and O–H groups in total. The molecule has 0 spiro atoms. The van der Waals surface area contributed by atoms with Crippen LogP contribution in [0.5, 0.6) is 5.75 Å². The second-order valence-electron chi connectivity index (χ2n) is 6.16. The Balaban J connectivity index is 2.25. The van der Waals surface area contributed by atoms with E-state index in [2.05, 4.69) is 31.1 Å². The van der Waals surface area contributed by atoms with Crippen LogP contribution in [0.4, 0.5) is 0 Å². The molecule has 1 aliphatic rings. The van der Waals surface area contributed by atoms with Gasteiger partial charge in [-0.3, -0.25) is 0 Å². The lowest BCUT2D eigenvalue weighted by atomic mass is 9.75. The van der Waals surface area contributed by atoms with Crippen molar-refractivity contribution < 1.29 is 9.84 Å². The topological polar surface area (TPSA) is 32.7 Å². The molecule has 0 aromatic heterocycles.